The maximum absolute atomic E-state index is 13.0. The van der Waals surface area contributed by atoms with Crippen molar-refractivity contribution < 1.29 is 39.8 Å². The molecule has 0 radical (unpaired) electrons. The second kappa shape index (κ2) is 44.7. The highest BCUT2D eigenvalue weighted by Gasteiger charge is 2.44. The summed E-state index contributed by atoms with van der Waals surface area (Å²) in [5, 5.41) is 54.6. The number of rotatable bonds is 44. The summed E-state index contributed by atoms with van der Waals surface area (Å²) in [6.45, 7) is 3.72. The topological polar surface area (TPSA) is 149 Å². The van der Waals surface area contributed by atoms with Gasteiger partial charge in [0.15, 0.2) is 6.29 Å². The first kappa shape index (κ1) is 59.9. The van der Waals surface area contributed by atoms with E-state index in [-0.39, 0.29) is 12.5 Å². The van der Waals surface area contributed by atoms with Crippen LogP contribution in [-0.4, -0.2) is 87.5 Å². The van der Waals surface area contributed by atoms with Crippen LogP contribution < -0.4 is 5.32 Å². The highest BCUT2D eigenvalue weighted by molar-refractivity contribution is 5.76. The van der Waals surface area contributed by atoms with Crippen LogP contribution in [0.2, 0.25) is 0 Å². The molecule has 9 heteroatoms. The minimum Gasteiger partial charge on any atom is -0.394 e. The van der Waals surface area contributed by atoms with E-state index in [0.29, 0.717) is 12.8 Å². The maximum atomic E-state index is 13.0. The first-order chi connectivity index (χ1) is 31.3. The van der Waals surface area contributed by atoms with Crippen molar-refractivity contribution in [3.8, 4) is 0 Å². The zero-order valence-corrected chi connectivity index (χ0v) is 41.0. The van der Waals surface area contributed by atoms with Crippen LogP contribution in [0, 0.1) is 0 Å². The summed E-state index contributed by atoms with van der Waals surface area (Å²) in [4.78, 5) is 13.0. The van der Waals surface area contributed by atoms with E-state index >= 15 is 0 Å². The van der Waals surface area contributed by atoms with E-state index in [1.54, 1.807) is 0 Å². The average molecular weight is 902 g/mol. The molecule has 1 amide bonds. The Kier molecular flexibility index (Phi) is 41.9. The molecule has 0 aromatic rings. The molecule has 0 saturated carbocycles. The summed E-state index contributed by atoms with van der Waals surface area (Å²) >= 11 is 0. The number of ether oxygens (including phenoxy) is 2. The molecule has 1 fully saturated rings. The van der Waals surface area contributed by atoms with Gasteiger partial charge < -0.3 is 40.3 Å². The number of hydrogen-bond acceptors (Lipinski definition) is 8. The molecular weight excluding hydrogens is 803 g/mol. The van der Waals surface area contributed by atoms with Gasteiger partial charge in [0.05, 0.1) is 25.4 Å². The van der Waals surface area contributed by atoms with Crippen molar-refractivity contribution in [1.82, 2.24) is 5.32 Å². The van der Waals surface area contributed by atoms with Crippen molar-refractivity contribution in [2.24, 2.45) is 0 Å². The molecule has 64 heavy (non-hydrogen) atoms. The van der Waals surface area contributed by atoms with E-state index in [0.717, 1.165) is 89.9 Å². The fourth-order valence-corrected chi connectivity index (χ4v) is 8.19. The minimum atomic E-state index is -1.56. The molecule has 0 spiro atoms. The molecule has 9 nitrogen and oxygen atoms in total. The van der Waals surface area contributed by atoms with Crippen molar-refractivity contribution in [2.45, 2.75) is 269 Å². The van der Waals surface area contributed by atoms with E-state index in [1.165, 1.54) is 109 Å². The molecule has 1 rings (SSSR count). The van der Waals surface area contributed by atoms with Crippen LogP contribution in [0.5, 0.6) is 0 Å². The van der Waals surface area contributed by atoms with E-state index in [1.807, 2.05) is 0 Å². The monoisotopic (exact) mass is 902 g/mol. The van der Waals surface area contributed by atoms with Crippen molar-refractivity contribution in [1.29, 1.82) is 0 Å². The smallest absolute Gasteiger partial charge is 0.220 e. The molecule has 0 aromatic heterocycles. The summed E-state index contributed by atoms with van der Waals surface area (Å²) in [5.74, 6) is -0.163. The number of aliphatic hydroxyl groups excluding tert-OH is 5. The van der Waals surface area contributed by atoms with Crippen LogP contribution in [0.3, 0.4) is 0 Å². The highest BCUT2D eigenvalue weighted by atomic mass is 16.7. The molecule has 7 unspecified atom stereocenters. The number of nitrogens with one attached hydrogen (secondary N) is 1. The zero-order chi connectivity index (χ0) is 46.6. The van der Waals surface area contributed by atoms with Gasteiger partial charge in [-0.15, -0.1) is 0 Å². The number of amides is 1. The maximum Gasteiger partial charge on any atom is 0.220 e. The van der Waals surface area contributed by atoms with Crippen LogP contribution >= 0.6 is 0 Å². The zero-order valence-electron chi connectivity index (χ0n) is 41.0. The summed E-state index contributed by atoms with van der Waals surface area (Å²) < 4.78 is 11.3. The number of unbranched alkanes of at least 4 members (excludes halogenated alkanes) is 24. The van der Waals surface area contributed by atoms with Gasteiger partial charge in [-0.2, -0.15) is 0 Å². The van der Waals surface area contributed by atoms with Crippen molar-refractivity contribution in [3.63, 3.8) is 0 Å². The average Bonchev–Trinajstić information content (AvgIpc) is 3.29. The number of allylic oxidation sites excluding steroid dienone is 10. The molecule has 6 N–H and O–H groups in total. The lowest BCUT2D eigenvalue weighted by Gasteiger charge is -2.40. The van der Waals surface area contributed by atoms with Gasteiger partial charge in [0, 0.05) is 6.42 Å². The lowest BCUT2D eigenvalue weighted by Crippen LogP contribution is -2.60. The first-order valence-electron chi connectivity index (χ1n) is 26.5. The predicted molar refractivity (Wildman–Crippen MR) is 267 cm³/mol. The standard InChI is InChI=1S/C55H99NO8/c1-3-5-7-9-11-13-15-17-19-21-23-25-27-29-31-33-35-37-39-41-43-45-51(59)56-48(47-63-55-54(62)53(61)52(60)50(46-57)64-55)49(58)44-42-40-38-36-34-32-30-28-26-24-22-20-18-16-14-12-10-8-6-4-2/h5,7,11,13,17,19,23,25,29,31,48-50,52-55,57-58,60-62H,3-4,6,8-10,12,14-16,18,20-22,24,26-28,30,32-47H2,1-2H3,(H,56,59)/b7-5-,13-11-,19-17-,25-23-,31-29-. The van der Waals surface area contributed by atoms with Crippen molar-refractivity contribution in [2.75, 3.05) is 13.2 Å². The fourth-order valence-electron chi connectivity index (χ4n) is 8.19. The summed E-state index contributed by atoms with van der Waals surface area (Å²) in [5.41, 5.74) is 0. The van der Waals surface area contributed by atoms with Crippen LogP contribution in [0.15, 0.2) is 60.8 Å². The highest BCUT2D eigenvalue weighted by Crippen LogP contribution is 2.23. The second-order valence-electron chi connectivity index (χ2n) is 18.3. The molecule has 7 atom stereocenters. The number of aliphatic hydroxyl groups is 5. The van der Waals surface area contributed by atoms with Crippen molar-refractivity contribution in [3.05, 3.63) is 60.8 Å². The third-order valence-corrected chi connectivity index (χ3v) is 12.4. The van der Waals surface area contributed by atoms with Gasteiger partial charge in [0.1, 0.15) is 24.4 Å². The lowest BCUT2D eigenvalue weighted by atomic mass is 9.99. The molecule has 0 bridgehead atoms. The molecule has 0 aliphatic carbocycles. The van der Waals surface area contributed by atoms with E-state index in [9.17, 15) is 30.3 Å². The summed E-state index contributed by atoms with van der Waals surface area (Å²) in [6, 6.07) is -0.733. The third-order valence-electron chi connectivity index (χ3n) is 12.4. The van der Waals surface area contributed by atoms with E-state index < -0.39 is 49.5 Å². The van der Waals surface area contributed by atoms with Gasteiger partial charge in [-0.05, 0) is 57.8 Å². The number of hydrogen-bond donors (Lipinski definition) is 6. The Bertz CT molecular complexity index is 1180. The normalized spacial score (nSPS) is 20.5. The van der Waals surface area contributed by atoms with Gasteiger partial charge >= 0.3 is 0 Å². The molecular formula is C55H99NO8. The van der Waals surface area contributed by atoms with E-state index in [4.69, 9.17) is 9.47 Å². The Balaban J connectivity index is 2.28. The van der Waals surface area contributed by atoms with Gasteiger partial charge in [-0.3, -0.25) is 4.79 Å². The van der Waals surface area contributed by atoms with E-state index in [2.05, 4.69) is 79.9 Å². The van der Waals surface area contributed by atoms with Crippen LogP contribution in [0.1, 0.15) is 226 Å². The van der Waals surface area contributed by atoms with Gasteiger partial charge in [0.25, 0.3) is 0 Å². The van der Waals surface area contributed by atoms with Gasteiger partial charge in [-0.25, -0.2) is 0 Å². The molecule has 1 aliphatic heterocycles. The van der Waals surface area contributed by atoms with Crippen LogP contribution in [0.4, 0.5) is 0 Å². The molecule has 0 aromatic carbocycles. The number of carbonyl (C=O) groups excluding carboxylic acids is 1. The Morgan fingerprint density at radius 1 is 0.547 bits per heavy atom. The predicted octanol–water partition coefficient (Wildman–Crippen LogP) is 12.3. The van der Waals surface area contributed by atoms with Gasteiger partial charge in [0.2, 0.25) is 5.91 Å². The molecule has 1 aliphatic rings. The summed E-state index contributed by atoms with van der Waals surface area (Å²) in [7, 11) is 0. The Morgan fingerprint density at radius 3 is 1.44 bits per heavy atom. The van der Waals surface area contributed by atoms with Crippen LogP contribution in [0.25, 0.3) is 0 Å². The fraction of sp³-hybridized carbons (Fsp3) is 0.800. The first-order valence-corrected chi connectivity index (χ1v) is 26.5. The molecule has 372 valence electrons. The Hall–Kier alpha value is -2.11. The minimum absolute atomic E-state index is 0.148. The van der Waals surface area contributed by atoms with Crippen LogP contribution in [-0.2, 0) is 14.3 Å². The van der Waals surface area contributed by atoms with Gasteiger partial charge in [-0.1, -0.05) is 222 Å². The Morgan fingerprint density at radius 2 is 0.969 bits per heavy atom. The lowest BCUT2D eigenvalue weighted by molar-refractivity contribution is -0.302. The number of carbonyl (C=O) groups is 1. The summed E-state index contributed by atoms with van der Waals surface area (Å²) in [6.07, 6.45) is 52.3. The largest absolute Gasteiger partial charge is 0.394 e. The Labute approximate surface area is 392 Å². The molecule has 1 saturated heterocycles. The SMILES string of the molecule is CC/C=C\C/C=C\C/C=C\C/C=C\C/C=C\CCCCCCCC(=O)NC(COC1OC(CO)C(O)C(O)C1O)C(O)CCCCCCCCCCCCCCCCCCCCCC. The second-order valence-corrected chi connectivity index (χ2v) is 18.3. The molecule has 1 heterocycles. The van der Waals surface area contributed by atoms with Crippen molar-refractivity contribution >= 4 is 5.91 Å². The third kappa shape index (κ3) is 34.2. The quantitative estimate of drug-likeness (QED) is 0.0262.